The van der Waals surface area contributed by atoms with Gasteiger partial charge in [0.05, 0.1) is 23.8 Å². The summed E-state index contributed by atoms with van der Waals surface area (Å²) in [5, 5.41) is 20.2. The molecule has 2 aromatic rings. The fourth-order valence-electron chi connectivity index (χ4n) is 1.60. The molecule has 0 fully saturated rings. The van der Waals surface area contributed by atoms with Crippen LogP contribution in [-0.4, -0.2) is 38.2 Å². The predicted octanol–water partition coefficient (Wildman–Crippen LogP) is 0.903. The van der Waals surface area contributed by atoms with E-state index in [0.717, 1.165) is 11.0 Å². The van der Waals surface area contributed by atoms with Crippen LogP contribution < -0.4 is 5.32 Å². The van der Waals surface area contributed by atoms with Crippen molar-refractivity contribution in [3.63, 3.8) is 0 Å². The van der Waals surface area contributed by atoms with Crippen molar-refractivity contribution in [2.45, 2.75) is 12.5 Å². The maximum atomic E-state index is 10.9. The summed E-state index contributed by atoms with van der Waals surface area (Å²) in [6, 6.07) is 3.89. The van der Waals surface area contributed by atoms with Gasteiger partial charge in [0, 0.05) is 5.69 Å². The highest BCUT2D eigenvalue weighted by Crippen LogP contribution is 2.17. The van der Waals surface area contributed by atoms with Crippen molar-refractivity contribution in [1.82, 2.24) is 9.97 Å². The molecule has 0 amide bonds. The number of fused-ring (bicyclic) bond motifs is 1. The van der Waals surface area contributed by atoms with Crippen molar-refractivity contribution in [3.05, 3.63) is 24.5 Å². The van der Waals surface area contributed by atoms with E-state index in [1.807, 2.05) is 0 Å². The highest BCUT2D eigenvalue weighted by Gasteiger charge is 2.20. The van der Waals surface area contributed by atoms with Crippen LogP contribution in [-0.2, 0) is 9.59 Å². The molecule has 7 heteroatoms. The molecule has 0 aliphatic carbocycles. The first-order chi connectivity index (χ1) is 8.56. The number of aromatic amines is 1. The molecule has 1 aromatic heterocycles. The van der Waals surface area contributed by atoms with E-state index in [2.05, 4.69) is 15.3 Å². The summed E-state index contributed by atoms with van der Waals surface area (Å²) in [5.41, 5.74) is 2.03. The van der Waals surface area contributed by atoms with Crippen LogP contribution >= 0.6 is 0 Å². The maximum absolute atomic E-state index is 10.9. The minimum atomic E-state index is -1.21. The zero-order valence-corrected chi connectivity index (χ0v) is 9.25. The number of aliphatic carboxylic acids is 2. The van der Waals surface area contributed by atoms with Gasteiger partial charge in [-0.1, -0.05) is 0 Å². The summed E-state index contributed by atoms with van der Waals surface area (Å²) < 4.78 is 0. The molecule has 94 valence electrons. The number of rotatable bonds is 5. The summed E-state index contributed by atoms with van der Waals surface area (Å²) in [7, 11) is 0. The van der Waals surface area contributed by atoms with Gasteiger partial charge in [0.1, 0.15) is 6.04 Å². The molecule has 1 aromatic carbocycles. The van der Waals surface area contributed by atoms with Crippen molar-refractivity contribution in [2.75, 3.05) is 5.32 Å². The number of nitrogens with zero attached hydrogens (tertiary/aromatic N) is 1. The van der Waals surface area contributed by atoms with E-state index in [4.69, 9.17) is 10.2 Å². The fraction of sp³-hybridized carbons (Fsp3) is 0.182. The van der Waals surface area contributed by atoms with Crippen molar-refractivity contribution in [3.8, 4) is 0 Å². The third-order valence-electron chi connectivity index (χ3n) is 2.44. The normalized spacial score (nSPS) is 12.2. The highest BCUT2D eigenvalue weighted by molar-refractivity contribution is 5.85. The Morgan fingerprint density at radius 1 is 1.39 bits per heavy atom. The van der Waals surface area contributed by atoms with Crippen LogP contribution in [0.5, 0.6) is 0 Å². The highest BCUT2D eigenvalue weighted by atomic mass is 16.4. The number of H-pyrrole nitrogens is 1. The van der Waals surface area contributed by atoms with Crippen molar-refractivity contribution >= 4 is 28.7 Å². The van der Waals surface area contributed by atoms with E-state index in [1.54, 1.807) is 18.2 Å². The molecular weight excluding hydrogens is 238 g/mol. The van der Waals surface area contributed by atoms with Crippen LogP contribution in [0.2, 0.25) is 0 Å². The SMILES string of the molecule is O=C(O)CC(Nc1ccc2nc[nH]c2c1)C(=O)O. The quantitative estimate of drug-likeness (QED) is 0.625. The van der Waals surface area contributed by atoms with Gasteiger partial charge < -0.3 is 20.5 Å². The van der Waals surface area contributed by atoms with Crippen LogP contribution in [0.1, 0.15) is 6.42 Å². The summed E-state index contributed by atoms with van der Waals surface area (Å²) in [5.74, 6) is -2.38. The van der Waals surface area contributed by atoms with E-state index in [-0.39, 0.29) is 0 Å². The Kier molecular flexibility index (Phi) is 3.13. The van der Waals surface area contributed by atoms with Gasteiger partial charge in [-0.3, -0.25) is 4.79 Å². The van der Waals surface area contributed by atoms with E-state index in [9.17, 15) is 9.59 Å². The molecule has 1 heterocycles. The second-order valence-corrected chi connectivity index (χ2v) is 3.77. The molecule has 0 saturated carbocycles. The first-order valence-electron chi connectivity index (χ1n) is 5.20. The summed E-state index contributed by atoms with van der Waals surface area (Å²) in [4.78, 5) is 28.4. The van der Waals surface area contributed by atoms with E-state index in [1.165, 1.54) is 6.33 Å². The molecule has 0 saturated heterocycles. The van der Waals surface area contributed by atoms with Gasteiger partial charge in [0.25, 0.3) is 0 Å². The Morgan fingerprint density at radius 2 is 2.17 bits per heavy atom. The molecule has 1 unspecified atom stereocenters. The molecule has 1 atom stereocenters. The van der Waals surface area contributed by atoms with Gasteiger partial charge in [-0.15, -0.1) is 0 Å². The van der Waals surface area contributed by atoms with E-state index < -0.39 is 24.4 Å². The van der Waals surface area contributed by atoms with Gasteiger partial charge >= 0.3 is 11.9 Å². The Morgan fingerprint density at radius 3 is 2.83 bits per heavy atom. The zero-order chi connectivity index (χ0) is 13.1. The predicted molar refractivity (Wildman–Crippen MR) is 63.4 cm³/mol. The molecule has 0 bridgehead atoms. The van der Waals surface area contributed by atoms with Crippen LogP contribution in [0.15, 0.2) is 24.5 Å². The number of carboxylic acid groups (broad SMARTS) is 2. The van der Waals surface area contributed by atoms with Crippen LogP contribution in [0.25, 0.3) is 11.0 Å². The number of imidazole rings is 1. The number of nitrogens with one attached hydrogen (secondary N) is 2. The van der Waals surface area contributed by atoms with Gasteiger partial charge in [-0.05, 0) is 18.2 Å². The second-order valence-electron chi connectivity index (χ2n) is 3.77. The maximum Gasteiger partial charge on any atom is 0.326 e. The Bertz CT molecular complexity index is 593. The van der Waals surface area contributed by atoms with Gasteiger partial charge in [-0.2, -0.15) is 0 Å². The number of carbonyl (C=O) groups is 2. The minimum Gasteiger partial charge on any atom is -0.481 e. The molecule has 0 radical (unpaired) electrons. The molecule has 2 rings (SSSR count). The molecule has 0 spiro atoms. The Hall–Kier alpha value is -2.57. The standard InChI is InChI=1S/C11H11N3O4/c15-10(16)4-9(11(17)18)14-6-1-2-7-8(3-6)13-5-12-7/h1-3,5,9,14H,4H2,(H,12,13)(H,15,16)(H,17,18). The van der Waals surface area contributed by atoms with E-state index >= 15 is 0 Å². The molecule has 7 nitrogen and oxygen atoms in total. The van der Waals surface area contributed by atoms with Crippen LogP contribution in [0.3, 0.4) is 0 Å². The topological polar surface area (TPSA) is 115 Å². The summed E-state index contributed by atoms with van der Waals surface area (Å²) in [6.45, 7) is 0. The van der Waals surface area contributed by atoms with Crippen molar-refractivity contribution in [2.24, 2.45) is 0 Å². The lowest BCUT2D eigenvalue weighted by Gasteiger charge is -2.13. The Labute approximate surface area is 101 Å². The summed E-state index contributed by atoms with van der Waals surface area (Å²) >= 11 is 0. The average Bonchev–Trinajstić information content (AvgIpc) is 2.74. The third kappa shape index (κ3) is 2.57. The Balaban J connectivity index is 2.19. The largest absolute Gasteiger partial charge is 0.481 e. The monoisotopic (exact) mass is 249 g/mol. The average molecular weight is 249 g/mol. The molecule has 18 heavy (non-hydrogen) atoms. The number of aromatic nitrogens is 2. The van der Waals surface area contributed by atoms with Gasteiger partial charge in [-0.25, -0.2) is 9.78 Å². The van der Waals surface area contributed by atoms with Gasteiger partial charge in [0.2, 0.25) is 0 Å². The number of carboxylic acids is 2. The summed E-state index contributed by atoms with van der Waals surface area (Å²) in [6.07, 6.45) is 1.04. The van der Waals surface area contributed by atoms with Crippen molar-refractivity contribution in [1.29, 1.82) is 0 Å². The molecule has 0 aliphatic rings. The lowest BCUT2D eigenvalue weighted by Crippen LogP contribution is -2.31. The number of hydrogen-bond acceptors (Lipinski definition) is 4. The van der Waals surface area contributed by atoms with Crippen molar-refractivity contribution < 1.29 is 19.8 Å². The third-order valence-corrected chi connectivity index (χ3v) is 2.44. The van der Waals surface area contributed by atoms with Crippen LogP contribution in [0.4, 0.5) is 5.69 Å². The molecular formula is C11H11N3O4. The number of anilines is 1. The smallest absolute Gasteiger partial charge is 0.326 e. The number of benzene rings is 1. The minimum absolute atomic E-state index is 0.490. The molecule has 4 N–H and O–H groups in total. The van der Waals surface area contributed by atoms with Crippen LogP contribution in [0, 0.1) is 0 Å². The first kappa shape index (κ1) is 11.9. The lowest BCUT2D eigenvalue weighted by molar-refractivity contribution is -0.144. The lowest BCUT2D eigenvalue weighted by atomic mass is 10.2. The number of hydrogen-bond donors (Lipinski definition) is 4. The first-order valence-corrected chi connectivity index (χ1v) is 5.20. The molecule has 0 aliphatic heterocycles. The fourth-order valence-corrected chi connectivity index (χ4v) is 1.60. The zero-order valence-electron chi connectivity index (χ0n) is 9.25. The van der Waals surface area contributed by atoms with E-state index in [0.29, 0.717) is 5.69 Å². The van der Waals surface area contributed by atoms with Gasteiger partial charge in [0.15, 0.2) is 0 Å². The second kappa shape index (κ2) is 4.74.